The summed E-state index contributed by atoms with van der Waals surface area (Å²) in [6, 6.07) is 0. The number of thiol groups is 1. The quantitative estimate of drug-likeness (QED) is 0.374. The van der Waals surface area contributed by atoms with Gasteiger partial charge in [0, 0.05) is 0 Å². The maximum Gasteiger partial charge on any atom is 0.472 e. The molecule has 4 heteroatoms. The molecule has 1 aliphatic rings. The number of allylic oxidation sites excluding steroid dienone is 3. The normalized spacial score (nSPS) is 30.7. The van der Waals surface area contributed by atoms with E-state index in [0.717, 1.165) is 0 Å². The van der Waals surface area contributed by atoms with E-state index in [9.17, 15) is 0 Å². The van der Waals surface area contributed by atoms with E-state index in [1.54, 1.807) is 12.2 Å². The first-order valence-corrected chi connectivity index (χ1v) is 3.53. The van der Waals surface area contributed by atoms with Crippen LogP contribution in [0, 0.1) is 0 Å². The molecule has 54 valence electrons. The van der Waals surface area contributed by atoms with Gasteiger partial charge in [0.2, 0.25) is 0 Å². The molecule has 0 amide bonds. The average Bonchev–Trinajstić information content (AvgIpc) is 1.89. The molecule has 0 saturated carbocycles. The predicted octanol–water partition coefficient (Wildman–Crippen LogP) is 0.183. The highest BCUT2D eigenvalue weighted by Crippen LogP contribution is 2.25. The number of hydrogen-bond acceptors (Lipinski definition) is 3. The third kappa shape index (κ3) is 1.45. The molecule has 10 heavy (non-hydrogen) atoms. The molecule has 0 aromatic carbocycles. The summed E-state index contributed by atoms with van der Waals surface area (Å²) in [4.78, 5) is 0. The Hall–Kier alpha value is -0.185. The largest absolute Gasteiger partial charge is 0.472 e. The zero-order chi connectivity index (χ0) is 7.61. The Labute approximate surface area is 65.8 Å². The lowest BCUT2D eigenvalue weighted by Crippen LogP contribution is -2.39. The molecule has 0 fully saturated rings. The third-order valence-corrected chi connectivity index (χ3v) is 2.09. The lowest BCUT2D eigenvalue weighted by Gasteiger charge is -2.23. The molecule has 0 aromatic heterocycles. The van der Waals surface area contributed by atoms with Crippen LogP contribution in [0.2, 0.25) is 0 Å². The molecule has 1 aliphatic carbocycles. The van der Waals surface area contributed by atoms with Crippen molar-refractivity contribution in [1.82, 2.24) is 0 Å². The summed E-state index contributed by atoms with van der Waals surface area (Å²) in [5.41, 5.74) is 0. The number of rotatable bonds is 1. The van der Waals surface area contributed by atoms with Gasteiger partial charge in [-0.1, -0.05) is 24.3 Å². The SMILES string of the molecule is OB(O)C1(S)C=CC=CC1. The third-order valence-electron chi connectivity index (χ3n) is 1.52. The first-order chi connectivity index (χ1) is 4.65. The van der Waals surface area contributed by atoms with Crippen molar-refractivity contribution in [2.45, 2.75) is 11.1 Å². The van der Waals surface area contributed by atoms with Crippen molar-refractivity contribution in [3.63, 3.8) is 0 Å². The Kier molecular flexibility index (Phi) is 2.23. The summed E-state index contributed by atoms with van der Waals surface area (Å²) in [5, 5.41) is 17.7. The van der Waals surface area contributed by atoms with Gasteiger partial charge in [0.1, 0.15) is 0 Å². The fraction of sp³-hybridized carbons (Fsp3) is 0.333. The number of hydrogen-bond donors (Lipinski definition) is 3. The first-order valence-electron chi connectivity index (χ1n) is 3.08. The molecule has 0 spiro atoms. The summed E-state index contributed by atoms with van der Waals surface area (Å²) in [6.07, 6.45) is 7.71. The highest BCUT2D eigenvalue weighted by molar-refractivity contribution is 7.83. The molecule has 2 N–H and O–H groups in total. The lowest BCUT2D eigenvalue weighted by atomic mass is 9.68. The van der Waals surface area contributed by atoms with Crippen LogP contribution in [0.4, 0.5) is 0 Å². The Balaban J connectivity index is 2.70. The topological polar surface area (TPSA) is 40.5 Å². The van der Waals surface area contributed by atoms with Gasteiger partial charge in [0.25, 0.3) is 0 Å². The maximum atomic E-state index is 8.83. The van der Waals surface area contributed by atoms with Crippen LogP contribution in [0.5, 0.6) is 0 Å². The molecular weight excluding hydrogens is 147 g/mol. The van der Waals surface area contributed by atoms with E-state index in [1.807, 2.05) is 12.2 Å². The van der Waals surface area contributed by atoms with Gasteiger partial charge in [-0.2, -0.15) is 12.6 Å². The van der Waals surface area contributed by atoms with Gasteiger partial charge in [0.15, 0.2) is 0 Å². The van der Waals surface area contributed by atoms with Crippen molar-refractivity contribution < 1.29 is 10.0 Å². The van der Waals surface area contributed by atoms with Gasteiger partial charge < -0.3 is 10.0 Å². The van der Waals surface area contributed by atoms with Crippen LogP contribution in [0.25, 0.3) is 0 Å². The summed E-state index contributed by atoms with van der Waals surface area (Å²) < 4.78 is -0.783. The van der Waals surface area contributed by atoms with Crippen molar-refractivity contribution in [2.75, 3.05) is 0 Å². The van der Waals surface area contributed by atoms with E-state index >= 15 is 0 Å². The highest BCUT2D eigenvalue weighted by atomic mass is 32.1. The first kappa shape index (κ1) is 7.92. The smallest absolute Gasteiger partial charge is 0.426 e. The summed E-state index contributed by atoms with van der Waals surface area (Å²) in [5.74, 6) is 0. The second kappa shape index (κ2) is 2.82. The van der Waals surface area contributed by atoms with E-state index in [4.69, 9.17) is 10.0 Å². The van der Waals surface area contributed by atoms with Crippen LogP contribution in [-0.4, -0.2) is 21.8 Å². The summed E-state index contributed by atoms with van der Waals surface area (Å²) >= 11 is 4.11. The minimum Gasteiger partial charge on any atom is -0.426 e. The lowest BCUT2D eigenvalue weighted by molar-refractivity contribution is 0.389. The van der Waals surface area contributed by atoms with Gasteiger partial charge in [-0.25, -0.2) is 0 Å². The Morgan fingerprint density at radius 2 is 2.10 bits per heavy atom. The molecule has 2 nitrogen and oxygen atoms in total. The molecule has 0 aliphatic heterocycles. The maximum absolute atomic E-state index is 8.83. The highest BCUT2D eigenvalue weighted by Gasteiger charge is 2.35. The van der Waals surface area contributed by atoms with E-state index in [-0.39, 0.29) is 0 Å². The van der Waals surface area contributed by atoms with Crippen LogP contribution in [0.1, 0.15) is 6.42 Å². The minimum atomic E-state index is -1.39. The van der Waals surface area contributed by atoms with Crippen LogP contribution in [-0.2, 0) is 0 Å². The standard InChI is InChI=1S/C6H9BO2S/c8-7(9)6(10)4-2-1-3-5-6/h1-4,8-10H,5H2. The van der Waals surface area contributed by atoms with Crippen LogP contribution >= 0.6 is 12.6 Å². The van der Waals surface area contributed by atoms with E-state index in [0.29, 0.717) is 6.42 Å². The second-order valence-electron chi connectivity index (χ2n) is 2.36. The fourth-order valence-corrected chi connectivity index (χ4v) is 1.01. The molecule has 1 atom stereocenters. The van der Waals surface area contributed by atoms with Crippen molar-refractivity contribution in [1.29, 1.82) is 0 Å². The zero-order valence-electron chi connectivity index (χ0n) is 5.44. The Bertz CT molecular complexity index is 179. The van der Waals surface area contributed by atoms with Crippen molar-refractivity contribution in [2.24, 2.45) is 0 Å². The van der Waals surface area contributed by atoms with Gasteiger partial charge >= 0.3 is 7.12 Å². The summed E-state index contributed by atoms with van der Waals surface area (Å²) in [7, 11) is -1.39. The second-order valence-corrected chi connectivity index (χ2v) is 3.19. The Morgan fingerprint density at radius 1 is 1.40 bits per heavy atom. The van der Waals surface area contributed by atoms with Crippen molar-refractivity contribution >= 4 is 19.7 Å². The predicted molar refractivity (Wildman–Crippen MR) is 44.8 cm³/mol. The molecule has 0 aromatic rings. The molecular formula is C6H9BO2S. The van der Waals surface area contributed by atoms with E-state index < -0.39 is 11.8 Å². The average molecular weight is 156 g/mol. The fourth-order valence-electron chi connectivity index (χ4n) is 0.817. The monoisotopic (exact) mass is 156 g/mol. The van der Waals surface area contributed by atoms with Crippen LogP contribution in [0.15, 0.2) is 24.3 Å². The van der Waals surface area contributed by atoms with Gasteiger partial charge in [-0.05, 0) is 6.42 Å². The van der Waals surface area contributed by atoms with Gasteiger partial charge in [0.05, 0.1) is 4.65 Å². The summed E-state index contributed by atoms with van der Waals surface area (Å²) in [6.45, 7) is 0. The van der Waals surface area contributed by atoms with Crippen molar-refractivity contribution in [3.05, 3.63) is 24.3 Å². The van der Waals surface area contributed by atoms with Crippen LogP contribution < -0.4 is 0 Å². The van der Waals surface area contributed by atoms with E-state index in [1.165, 1.54) is 0 Å². The molecule has 1 rings (SSSR count). The molecule has 1 unspecified atom stereocenters. The minimum absolute atomic E-state index is 0.560. The Morgan fingerprint density at radius 3 is 2.40 bits per heavy atom. The zero-order valence-corrected chi connectivity index (χ0v) is 6.33. The molecule has 0 bridgehead atoms. The molecule has 0 saturated heterocycles. The van der Waals surface area contributed by atoms with Gasteiger partial charge in [-0.15, -0.1) is 0 Å². The van der Waals surface area contributed by atoms with Crippen LogP contribution in [0.3, 0.4) is 0 Å². The van der Waals surface area contributed by atoms with Crippen molar-refractivity contribution in [3.8, 4) is 0 Å². The van der Waals surface area contributed by atoms with E-state index in [2.05, 4.69) is 12.6 Å². The molecule has 0 heterocycles. The molecule has 0 radical (unpaired) electrons. The van der Waals surface area contributed by atoms with Gasteiger partial charge in [-0.3, -0.25) is 0 Å².